The predicted molar refractivity (Wildman–Crippen MR) is 70.7 cm³/mol. The molecule has 2 aliphatic rings. The van der Waals surface area contributed by atoms with Crippen LogP contribution in [0.3, 0.4) is 0 Å². The van der Waals surface area contributed by atoms with E-state index in [0.717, 1.165) is 24.5 Å². The van der Waals surface area contributed by atoms with E-state index in [2.05, 4.69) is 27.2 Å². The molecule has 1 unspecified atom stereocenters. The van der Waals surface area contributed by atoms with Gasteiger partial charge in [0.25, 0.3) is 0 Å². The van der Waals surface area contributed by atoms with Gasteiger partial charge in [-0.1, -0.05) is 19.3 Å². The second kappa shape index (κ2) is 5.22. The summed E-state index contributed by atoms with van der Waals surface area (Å²) in [5.74, 6) is 1.52. The van der Waals surface area contributed by atoms with E-state index in [-0.39, 0.29) is 6.10 Å². The fourth-order valence-electron chi connectivity index (χ4n) is 3.07. The molecular formula is C14H21N3O. The second-order valence-electron chi connectivity index (χ2n) is 5.54. The van der Waals surface area contributed by atoms with Crippen molar-refractivity contribution in [2.24, 2.45) is 0 Å². The minimum atomic E-state index is -0.204. The van der Waals surface area contributed by atoms with Crippen molar-refractivity contribution in [3.05, 3.63) is 17.8 Å². The number of aromatic nitrogens is 2. The molecule has 0 aromatic carbocycles. The van der Waals surface area contributed by atoms with Crippen molar-refractivity contribution in [2.75, 3.05) is 18.0 Å². The van der Waals surface area contributed by atoms with Gasteiger partial charge < -0.3 is 10.0 Å². The fourth-order valence-corrected chi connectivity index (χ4v) is 3.07. The zero-order chi connectivity index (χ0) is 12.4. The van der Waals surface area contributed by atoms with Crippen molar-refractivity contribution >= 4 is 5.82 Å². The lowest BCUT2D eigenvalue weighted by Crippen LogP contribution is -2.22. The molecule has 0 radical (unpaired) electrons. The van der Waals surface area contributed by atoms with Crippen LogP contribution in [0.1, 0.15) is 50.1 Å². The van der Waals surface area contributed by atoms with Crippen molar-refractivity contribution < 1.29 is 5.11 Å². The number of nitrogens with zero attached hydrogens (tertiary/aromatic N) is 3. The molecule has 1 saturated heterocycles. The van der Waals surface area contributed by atoms with Crippen LogP contribution in [0, 0.1) is 0 Å². The highest BCUT2D eigenvalue weighted by molar-refractivity contribution is 5.39. The second-order valence-corrected chi connectivity index (χ2v) is 5.54. The summed E-state index contributed by atoms with van der Waals surface area (Å²) in [5, 5.41) is 18.3. The van der Waals surface area contributed by atoms with E-state index in [4.69, 9.17) is 0 Å². The lowest BCUT2D eigenvalue weighted by Gasteiger charge is -2.21. The number of aliphatic hydroxyl groups excluding tert-OH is 1. The van der Waals surface area contributed by atoms with Crippen LogP contribution >= 0.6 is 0 Å². The minimum absolute atomic E-state index is 0.204. The molecule has 1 atom stereocenters. The van der Waals surface area contributed by atoms with Crippen LogP contribution < -0.4 is 4.90 Å². The van der Waals surface area contributed by atoms with Crippen LogP contribution in [0.15, 0.2) is 12.1 Å². The third-order valence-electron chi connectivity index (χ3n) is 4.18. The summed E-state index contributed by atoms with van der Waals surface area (Å²) in [5.41, 5.74) is 1.15. The van der Waals surface area contributed by atoms with Gasteiger partial charge in [0.2, 0.25) is 0 Å². The highest BCUT2D eigenvalue weighted by Gasteiger charge is 2.22. The molecule has 1 aromatic heterocycles. The molecule has 4 heteroatoms. The molecule has 1 aliphatic carbocycles. The predicted octanol–water partition coefficient (Wildman–Crippen LogP) is 2.10. The molecule has 3 rings (SSSR count). The van der Waals surface area contributed by atoms with Gasteiger partial charge in [0.05, 0.1) is 11.8 Å². The molecule has 98 valence electrons. The summed E-state index contributed by atoms with van der Waals surface area (Å²) in [4.78, 5) is 2.11. The summed E-state index contributed by atoms with van der Waals surface area (Å²) < 4.78 is 0. The van der Waals surface area contributed by atoms with Crippen molar-refractivity contribution in [3.63, 3.8) is 0 Å². The van der Waals surface area contributed by atoms with E-state index < -0.39 is 0 Å². The molecule has 0 amide bonds. The number of β-amino-alcohol motifs (C(OH)–C–C–N with tert-alkyl or cyclic N) is 1. The standard InChI is InChI=1S/C14H21N3O/c18-12-8-9-17(10-12)14-7-6-13(15-16-14)11-4-2-1-3-5-11/h6-7,11-12,18H,1-5,8-10H2. The van der Waals surface area contributed by atoms with Crippen LogP contribution in [0.4, 0.5) is 5.82 Å². The highest BCUT2D eigenvalue weighted by atomic mass is 16.3. The Morgan fingerprint density at radius 3 is 2.50 bits per heavy atom. The molecule has 1 saturated carbocycles. The van der Waals surface area contributed by atoms with Crippen molar-refractivity contribution in [1.82, 2.24) is 10.2 Å². The fraction of sp³-hybridized carbons (Fsp3) is 0.714. The number of hydrogen-bond acceptors (Lipinski definition) is 4. The van der Waals surface area contributed by atoms with Gasteiger partial charge in [-0.2, -0.15) is 5.10 Å². The zero-order valence-corrected chi connectivity index (χ0v) is 10.8. The number of hydrogen-bond donors (Lipinski definition) is 1. The summed E-state index contributed by atoms with van der Waals surface area (Å²) in [6.45, 7) is 1.58. The van der Waals surface area contributed by atoms with Gasteiger partial charge >= 0.3 is 0 Å². The number of aliphatic hydroxyl groups is 1. The Labute approximate surface area is 108 Å². The number of rotatable bonds is 2. The van der Waals surface area contributed by atoms with Gasteiger partial charge in [0.15, 0.2) is 5.82 Å². The van der Waals surface area contributed by atoms with E-state index in [0.29, 0.717) is 12.5 Å². The van der Waals surface area contributed by atoms with Gasteiger partial charge in [-0.05, 0) is 31.4 Å². The molecule has 1 aliphatic heterocycles. The molecule has 18 heavy (non-hydrogen) atoms. The van der Waals surface area contributed by atoms with Crippen LogP contribution in [0.2, 0.25) is 0 Å². The first kappa shape index (κ1) is 11.9. The van der Waals surface area contributed by atoms with Crippen molar-refractivity contribution in [2.45, 2.75) is 50.5 Å². The van der Waals surface area contributed by atoms with Crippen molar-refractivity contribution in [1.29, 1.82) is 0 Å². The first-order valence-corrected chi connectivity index (χ1v) is 7.09. The van der Waals surface area contributed by atoms with Gasteiger partial charge in [0, 0.05) is 19.0 Å². The lowest BCUT2D eigenvalue weighted by molar-refractivity contribution is 0.198. The van der Waals surface area contributed by atoms with Gasteiger partial charge in [-0.3, -0.25) is 0 Å². The Morgan fingerprint density at radius 2 is 1.89 bits per heavy atom. The topological polar surface area (TPSA) is 49.2 Å². The summed E-state index contributed by atoms with van der Waals surface area (Å²) in [6, 6.07) is 4.19. The van der Waals surface area contributed by atoms with Gasteiger partial charge in [-0.15, -0.1) is 5.10 Å². The summed E-state index contributed by atoms with van der Waals surface area (Å²) >= 11 is 0. The maximum Gasteiger partial charge on any atom is 0.151 e. The third kappa shape index (κ3) is 2.48. The maximum atomic E-state index is 9.53. The van der Waals surface area contributed by atoms with Crippen LogP contribution in [-0.4, -0.2) is 34.5 Å². The average molecular weight is 247 g/mol. The van der Waals surface area contributed by atoms with E-state index in [9.17, 15) is 5.11 Å². The van der Waals surface area contributed by atoms with Crippen molar-refractivity contribution in [3.8, 4) is 0 Å². The molecular weight excluding hydrogens is 226 g/mol. The Kier molecular flexibility index (Phi) is 3.46. The normalized spacial score (nSPS) is 25.6. The smallest absolute Gasteiger partial charge is 0.151 e. The molecule has 2 heterocycles. The third-order valence-corrected chi connectivity index (χ3v) is 4.18. The highest BCUT2D eigenvalue weighted by Crippen LogP contribution is 2.31. The van der Waals surface area contributed by atoms with E-state index in [1.54, 1.807) is 0 Å². The monoisotopic (exact) mass is 247 g/mol. The quantitative estimate of drug-likeness (QED) is 0.869. The molecule has 0 bridgehead atoms. The molecule has 1 aromatic rings. The van der Waals surface area contributed by atoms with E-state index in [1.165, 1.54) is 32.1 Å². The SMILES string of the molecule is OC1CCN(c2ccc(C3CCCCC3)nn2)C1. The van der Waals surface area contributed by atoms with E-state index >= 15 is 0 Å². The first-order chi connectivity index (χ1) is 8.83. The summed E-state index contributed by atoms with van der Waals surface area (Å²) in [7, 11) is 0. The Bertz CT molecular complexity index is 363. The lowest BCUT2D eigenvalue weighted by atomic mass is 9.87. The zero-order valence-electron chi connectivity index (χ0n) is 10.8. The van der Waals surface area contributed by atoms with E-state index in [1.807, 2.05) is 0 Å². The molecule has 0 spiro atoms. The first-order valence-electron chi connectivity index (χ1n) is 7.09. The Balaban J connectivity index is 1.68. The Morgan fingerprint density at radius 1 is 1.06 bits per heavy atom. The average Bonchev–Trinajstić information content (AvgIpc) is 2.87. The van der Waals surface area contributed by atoms with Gasteiger partial charge in [-0.25, -0.2) is 0 Å². The molecule has 1 N–H and O–H groups in total. The molecule has 4 nitrogen and oxygen atoms in total. The molecule has 2 fully saturated rings. The van der Waals surface area contributed by atoms with Crippen LogP contribution in [0.25, 0.3) is 0 Å². The largest absolute Gasteiger partial charge is 0.391 e. The number of anilines is 1. The van der Waals surface area contributed by atoms with Crippen LogP contribution in [-0.2, 0) is 0 Å². The minimum Gasteiger partial charge on any atom is -0.391 e. The van der Waals surface area contributed by atoms with Gasteiger partial charge in [0.1, 0.15) is 0 Å². The van der Waals surface area contributed by atoms with Crippen LogP contribution in [0.5, 0.6) is 0 Å². The maximum absolute atomic E-state index is 9.53. The Hall–Kier alpha value is -1.16. The summed E-state index contributed by atoms with van der Waals surface area (Å²) in [6.07, 6.45) is 7.18.